The summed E-state index contributed by atoms with van der Waals surface area (Å²) in [6.45, 7) is 2.04. The molecule has 0 radical (unpaired) electrons. The molecule has 1 amide bonds. The van der Waals surface area contributed by atoms with Gasteiger partial charge in [-0.3, -0.25) is 4.79 Å². The van der Waals surface area contributed by atoms with Crippen LogP contribution in [0, 0.1) is 29.1 Å². The Kier molecular flexibility index (Phi) is 6.91. The van der Waals surface area contributed by atoms with Gasteiger partial charge in [-0.15, -0.1) is 11.8 Å². The lowest BCUT2D eigenvalue weighted by Crippen LogP contribution is -2.41. The van der Waals surface area contributed by atoms with Crippen molar-refractivity contribution in [1.29, 1.82) is 5.26 Å². The van der Waals surface area contributed by atoms with Crippen LogP contribution in [0.25, 0.3) is 0 Å². The Morgan fingerprint density at radius 1 is 1.32 bits per heavy atom. The third kappa shape index (κ3) is 5.23. The maximum atomic E-state index is 12.8. The van der Waals surface area contributed by atoms with Crippen molar-refractivity contribution in [3.05, 3.63) is 24.3 Å². The quantitative estimate of drug-likeness (QED) is 0.606. The summed E-state index contributed by atoms with van der Waals surface area (Å²) >= 11 is 1.56. The molecule has 3 atom stereocenters. The van der Waals surface area contributed by atoms with Crippen molar-refractivity contribution in [2.75, 3.05) is 18.6 Å². The normalized spacial score (nSPS) is 23.6. The van der Waals surface area contributed by atoms with Gasteiger partial charge >= 0.3 is 0 Å². The van der Waals surface area contributed by atoms with Gasteiger partial charge in [0.05, 0.1) is 16.7 Å². The number of hydrogen-bond acceptors (Lipinski definition) is 5. The highest BCUT2D eigenvalue weighted by Gasteiger charge is 2.36. The van der Waals surface area contributed by atoms with Crippen LogP contribution >= 0.6 is 11.8 Å². The minimum atomic E-state index is -3.44. The summed E-state index contributed by atoms with van der Waals surface area (Å²) in [7, 11) is -3.44. The average molecular weight is 381 g/mol. The lowest BCUT2D eigenvalue weighted by molar-refractivity contribution is -0.127. The van der Waals surface area contributed by atoms with Crippen LogP contribution in [0.1, 0.15) is 26.2 Å². The lowest BCUT2D eigenvalue weighted by atomic mass is 9.75. The first-order chi connectivity index (χ1) is 11.9. The van der Waals surface area contributed by atoms with E-state index in [2.05, 4.69) is 12.2 Å². The molecule has 1 N–H and O–H groups in total. The van der Waals surface area contributed by atoms with Gasteiger partial charge in [0.2, 0.25) is 5.91 Å². The third-order valence-corrected chi connectivity index (χ3v) is 7.39. The standard InChI is InChI=1S/C18H24N2O3S2/c1-13-3-4-14(17(11-13)18(21)20-10-9-19)12-25(22,23)16-7-5-15(24-2)6-8-16/h5-8,13-14,17H,3-4,10-12H2,1-2H3,(H,20,21). The van der Waals surface area contributed by atoms with Crippen molar-refractivity contribution in [1.82, 2.24) is 5.32 Å². The highest BCUT2D eigenvalue weighted by molar-refractivity contribution is 7.98. The van der Waals surface area contributed by atoms with Gasteiger partial charge in [-0.25, -0.2) is 8.42 Å². The molecule has 1 fully saturated rings. The summed E-state index contributed by atoms with van der Waals surface area (Å²) in [5.41, 5.74) is 0. The van der Waals surface area contributed by atoms with Crippen LogP contribution in [-0.4, -0.2) is 32.9 Å². The fourth-order valence-electron chi connectivity index (χ4n) is 3.38. The van der Waals surface area contributed by atoms with Gasteiger partial charge in [0.1, 0.15) is 6.54 Å². The van der Waals surface area contributed by atoms with Gasteiger partial charge in [0, 0.05) is 10.8 Å². The molecular formula is C18H24N2O3S2. The van der Waals surface area contributed by atoms with Crippen LogP contribution in [0.15, 0.2) is 34.1 Å². The second kappa shape index (κ2) is 8.72. The lowest BCUT2D eigenvalue weighted by Gasteiger charge is -2.33. The summed E-state index contributed by atoms with van der Waals surface area (Å²) in [4.78, 5) is 13.7. The van der Waals surface area contributed by atoms with Crippen molar-refractivity contribution in [3.8, 4) is 6.07 Å². The van der Waals surface area contributed by atoms with Crippen molar-refractivity contribution in [2.45, 2.75) is 36.0 Å². The van der Waals surface area contributed by atoms with E-state index in [9.17, 15) is 13.2 Å². The maximum absolute atomic E-state index is 12.8. The second-order valence-corrected chi connectivity index (χ2v) is 9.53. The average Bonchev–Trinajstić information content (AvgIpc) is 2.61. The summed E-state index contributed by atoms with van der Waals surface area (Å²) < 4.78 is 25.5. The molecule has 136 valence electrons. The van der Waals surface area contributed by atoms with Crippen LogP contribution in [0.3, 0.4) is 0 Å². The number of nitriles is 1. The third-order valence-electron chi connectivity index (χ3n) is 4.79. The van der Waals surface area contributed by atoms with E-state index in [4.69, 9.17) is 5.26 Å². The van der Waals surface area contributed by atoms with Crippen LogP contribution in [0.4, 0.5) is 0 Å². The molecule has 3 unspecified atom stereocenters. The Hall–Kier alpha value is -1.52. The molecule has 25 heavy (non-hydrogen) atoms. The van der Waals surface area contributed by atoms with E-state index in [1.165, 1.54) is 0 Å². The molecule has 5 nitrogen and oxygen atoms in total. The summed E-state index contributed by atoms with van der Waals surface area (Å²) in [6, 6.07) is 8.78. The number of sulfone groups is 1. The van der Waals surface area contributed by atoms with Gasteiger partial charge in [0.25, 0.3) is 0 Å². The van der Waals surface area contributed by atoms with Gasteiger partial charge < -0.3 is 5.32 Å². The summed E-state index contributed by atoms with van der Waals surface area (Å²) in [5, 5.41) is 11.2. The largest absolute Gasteiger partial charge is 0.343 e. The molecule has 0 heterocycles. The number of hydrogen-bond donors (Lipinski definition) is 1. The number of thioether (sulfide) groups is 1. The Balaban J connectivity index is 2.16. The molecule has 0 spiro atoms. The van der Waals surface area contributed by atoms with E-state index in [1.54, 1.807) is 36.0 Å². The molecular weight excluding hydrogens is 356 g/mol. The number of rotatable bonds is 6. The van der Waals surface area contributed by atoms with Gasteiger partial charge in [-0.1, -0.05) is 13.3 Å². The molecule has 0 aromatic heterocycles. The van der Waals surface area contributed by atoms with Gasteiger partial charge in [0.15, 0.2) is 9.84 Å². The molecule has 0 bridgehead atoms. The Labute approximate surface area is 154 Å². The van der Waals surface area contributed by atoms with Gasteiger partial charge in [-0.2, -0.15) is 5.26 Å². The summed E-state index contributed by atoms with van der Waals surface area (Å²) in [6.07, 6.45) is 4.25. The Bertz CT molecular complexity index is 739. The first kappa shape index (κ1) is 19.8. The van der Waals surface area contributed by atoms with E-state index >= 15 is 0 Å². The number of nitrogens with zero attached hydrogens (tertiary/aromatic N) is 1. The van der Waals surface area contributed by atoms with Crippen molar-refractivity contribution >= 4 is 27.5 Å². The molecule has 1 aromatic rings. The zero-order valence-corrected chi connectivity index (χ0v) is 16.2. The fourth-order valence-corrected chi connectivity index (χ4v) is 5.50. The SMILES string of the molecule is CSc1ccc(S(=O)(=O)CC2CCC(C)CC2C(=O)NCC#N)cc1. The van der Waals surface area contributed by atoms with E-state index in [0.717, 1.165) is 11.3 Å². The van der Waals surface area contributed by atoms with Crippen LogP contribution < -0.4 is 5.32 Å². The molecule has 1 aromatic carbocycles. The number of carbonyl (C=O) groups is 1. The predicted octanol–water partition coefficient (Wildman–Crippen LogP) is 2.87. The number of amides is 1. The first-order valence-electron chi connectivity index (χ1n) is 8.39. The second-order valence-electron chi connectivity index (χ2n) is 6.62. The zero-order valence-electron chi connectivity index (χ0n) is 14.6. The predicted molar refractivity (Wildman–Crippen MR) is 98.9 cm³/mol. The highest BCUT2D eigenvalue weighted by atomic mass is 32.2. The van der Waals surface area contributed by atoms with Crippen LogP contribution in [0.5, 0.6) is 0 Å². The Morgan fingerprint density at radius 3 is 2.60 bits per heavy atom. The topological polar surface area (TPSA) is 87.0 Å². The van der Waals surface area contributed by atoms with Crippen molar-refractivity contribution in [3.63, 3.8) is 0 Å². The van der Waals surface area contributed by atoms with Crippen molar-refractivity contribution in [2.24, 2.45) is 17.8 Å². The van der Waals surface area contributed by atoms with E-state index < -0.39 is 9.84 Å². The maximum Gasteiger partial charge on any atom is 0.224 e. The molecule has 7 heteroatoms. The van der Waals surface area contributed by atoms with E-state index in [-0.39, 0.29) is 30.0 Å². The molecule has 0 aliphatic heterocycles. The molecule has 1 saturated carbocycles. The van der Waals surface area contributed by atoms with E-state index in [1.807, 2.05) is 12.3 Å². The molecule has 1 aliphatic rings. The smallest absolute Gasteiger partial charge is 0.224 e. The van der Waals surface area contributed by atoms with Crippen LogP contribution in [-0.2, 0) is 14.6 Å². The summed E-state index contributed by atoms with van der Waals surface area (Å²) in [5.74, 6) is -0.399. The minimum Gasteiger partial charge on any atom is -0.343 e. The van der Waals surface area contributed by atoms with Crippen molar-refractivity contribution < 1.29 is 13.2 Å². The number of carbonyl (C=O) groups excluding carboxylic acids is 1. The fraction of sp³-hybridized carbons (Fsp3) is 0.556. The number of benzene rings is 1. The first-order valence-corrected chi connectivity index (χ1v) is 11.3. The monoisotopic (exact) mass is 380 g/mol. The van der Waals surface area contributed by atoms with Crippen LogP contribution in [0.2, 0.25) is 0 Å². The van der Waals surface area contributed by atoms with Gasteiger partial charge in [-0.05, 0) is 55.2 Å². The minimum absolute atomic E-state index is 0.0248. The number of nitrogens with one attached hydrogen (secondary N) is 1. The Morgan fingerprint density at radius 2 is 2.00 bits per heavy atom. The molecule has 1 aliphatic carbocycles. The van der Waals surface area contributed by atoms with E-state index in [0.29, 0.717) is 23.7 Å². The molecule has 0 saturated heterocycles. The zero-order chi connectivity index (χ0) is 18.4. The molecule has 2 rings (SSSR count). The highest BCUT2D eigenvalue weighted by Crippen LogP contribution is 2.36.